The van der Waals surface area contributed by atoms with Gasteiger partial charge in [-0.2, -0.15) is 4.31 Å². The highest BCUT2D eigenvalue weighted by atomic mass is 32.2. The van der Waals surface area contributed by atoms with Gasteiger partial charge in [0.05, 0.1) is 23.3 Å². The zero-order valence-corrected chi connectivity index (χ0v) is 20.0. The zero-order chi connectivity index (χ0) is 24.3. The first-order valence-corrected chi connectivity index (χ1v) is 12.1. The van der Waals surface area contributed by atoms with Gasteiger partial charge in [-0.15, -0.1) is 0 Å². The number of methoxy groups -OCH3 is 1. The number of hydrogen-bond acceptors (Lipinski definition) is 7. The van der Waals surface area contributed by atoms with Gasteiger partial charge in [-0.05, 0) is 57.7 Å². The third-order valence-electron chi connectivity index (χ3n) is 5.80. The minimum Gasteiger partial charge on any atom is -0.465 e. The fraction of sp³-hybridized carbons (Fsp3) is 0.435. The lowest BCUT2D eigenvalue weighted by Gasteiger charge is -2.33. The molecule has 2 aromatic rings. The van der Waals surface area contributed by atoms with E-state index in [1.165, 1.54) is 19.2 Å². The molecule has 2 heterocycles. The van der Waals surface area contributed by atoms with Crippen molar-refractivity contribution in [2.45, 2.75) is 51.0 Å². The maximum atomic E-state index is 13.2. The third-order valence-corrected chi connectivity index (χ3v) is 7.73. The predicted octanol–water partition coefficient (Wildman–Crippen LogP) is 2.70. The number of hydrogen-bond donors (Lipinski definition) is 1. The van der Waals surface area contributed by atoms with Crippen LogP contribution in [0.4, 0.5) is 0 Å². The van der Waals surface area contributed by atoms with Gasteiger partial charge in [-0.3, -0.25) is 9.59 Å². The first-order chi connectivity index (χ1) is 15.6. The summed E-state index contributed by atoms with van der Waals surface area (Å²) in [7, 11) is -2.65. The molecule has 3 rings (SSSR count). The number of carbonyl (C=O) groups excluding carboxylic acids is 3. The van der Waals surface area contributed by atoms with Gasteiger partial charge in [-0.1, -0.05) is 17.7 Å². The highest BCUT2D eigenvalue weighted by molar-refractivity contribution is 7.89. The Hall–Kier alpha value is -2.98. The fourth-order valence-electron chi connectivity index (χ4n) is 4.02. The molecular weight excluding hydrogens is 448 g/mol. The fourth-order valence-corrected chi connectivity index (χ4v) is 5.66. The number of benzene rings is 1. The molecule has 1 aliphatic rings. The van der Waals surface area contributed by atoms with Crippen LogP contribution in [-0.4, -0.2) is 61.7 Å². The van der Waals surface area contributed by atoms with E-state index in [-0.39, 0.29) is 22.7 Å². The van der Waals surface area contributed by atoms with Gasteiger partial charge in [-0.25, -0.2) is 13.2 Å². The van der Waals surface area contributed by atoms with Crippen LogP contribution in [-0.2, 0) is 24.3 Å². The summed E-state index contributed by atoms with van der Waals surface area (Å²) in [6.45, 7) is 4.71. The molecule has 1 atom stereocenters. The molecule has 0 bridgehead atoms. The summed E-state index contributed by atoms with van der Waals surface area (Å²) in [4.78, 5) is 40.4. The van der Waals surface area contributed by atoms with E-state index in [0.717, 1.165) is 9.87 Å². The van der Waals surface area contributed by atoms with Crippen LogP contribution in [0, 0.1) is 20.8 Å². The van der Waals surface area contributed by atoms with Crippen LogP contribution >= 0.6 is 0 Å². The Morgan fingerprint density at radius 1 is 1.09 bits per heavy atom. The van der Waals surface area contributed by atoms with E-state index < -0.39 is 40.4 Å². The smallest absolute Gasteiger partial charge is 0.339 e. The number of aromatic nitrogens is 1. The van der Waals surface area contributed by atoms with Gasteiger partial charge < -0.3 is 14.5 Å². The van der Waals surface area contributed by atoms with Crippen LogP contribution in [0.15, 0.2) is 29.2 Å². The van der Waals surface area contributed by atoms with Gasteiger partial charge in [0.25, 0.3) is 0 Å². The second-order valence-electron chi connectivity index (χ2n) is 8.09. The van der Waals surface area contributed by atoms with E-state index in [1.807, 2.05) is 6.92 Å². The van der Waals surface area contributed by atoms with Gasteiger partial charge in [0, 0.05) is 12.2 Å². The molecule has 0 saturated carbocycles. The van der Waals surface area contributed by atoms with E-state index in [1.54, 1.807) is 26.0 Å². The Labute approximate surface area is 193 Å². The van der Waals surface area contributed by atoms with Crippen LogP contribution < -0.4 is 0 Å². The van der Waals surface area contributed by atoms with Crippen molar-refractivity contribution in [1.82, 2.24) is 9.29 Å². The topological polar surface area (TPSA) is 123 Å². The molecule has 1 fully saturated rings. The molecule has 0 radical (unpaired) electrons. The lowest BCUT2D eigenvalue weighted by molar-refractivity contribution is -0.148. The minimum atomic E-state index is -3.90. The summed E-state index contributed by atoms with van der Waals surface area (Å²) >= 11 is 0. The Morgan fingerprint density at radius 3 is 2.39 bits per heavy atom. The Bertz CT molecular complexity index is 1170. The van der Waals surface area contributed by atoms with Gasteiger partial charge in [0.2, 0.25) is 15.8 Å². The minimum absolute atomic E-state index is 0.108. The number of rotatable bonds is 7. The molecule has 1 aromatic heterocycles. The van der Waals surface area contributed by atoms with E-state index in [9.17, 15) is 22.8 Å². The molecule has 0 aliphatic carbocycles. The molecule has 0 amide bonds. The first-order valence-electron chi connectivity index (χ1n) is 10.6. The van der Waals surface area contributed by atoms with Gasteiger partial charge in [0.15, 0.2) is 6.61 Å². The number of ether oxygens (including phenoxy) is 2. The van der Waals surface area contributed by atoms with Crippen molar-refractivity contribution in [3.8, 4) is 0 Å². The molecule has 1 unspecified atom stereocenters. The van der Waals surface area contributed by atoms with Crippen molar-refractivity contribution >= 4 is 27.7 Å². The van der Waals surface area contributed by atoms with Crippen LogP contribution in [0.1, 0.15) is 56.9 Å². The average Bonchev–Trinajstić information content (AvgIpc) is 3.10. The summed E-state index contributed by atoms with van der Waals surface area (Å²) in [5.41, 5.74) is 2.20. The van der Waals surface area contributed by atoms with E-state index >= 15 is 0 Å². The van der Waals surface area contributed by atoms with Crippen LogP contribution in [0.2, 0.25) is 0 Å². The average molecular weight is 477 g/mol. The standard InChI is InChI=1S/C23H28N2O7S/c1-14-8-10-17(11-9-14)33(29,30)25-12-6-5-7-18(25)22(27)32-13-19(26)21-15(2)20(16(3)24-21)23(28)31-4/h8-11,18,24H,5-7,12-13H2,1-4H3. The predicted molar refractivity (Wildman–Crippen MR) is 120 cm³/mol. The molecule has 33 heavy (non-hydrogen) atoms. The highest BCUT2D eigenvalue weighted by Crippen LogP contribution is 2.27. The molecule has 1 saturated heterocycles. The van der Waals surface area contributed by atoms with Crippen molar-refractivity contribution in [3.63, 3.8) is 0 Å². The van der Waals surface area contributed by atoms with Crippen molar-refractivity contribution in [3.05, 3.63) is 52.3 Å². The molecule has 9 nitrogen and oxygen atoms in total. The number of nitrogens with zero attached hydrogens (tertiary/aromatic N) is 1. The van der Waals surface area contributed by atoms with Crippen molar-refractivity contribution < 1.29 is 32.3 Å². The maximum Gasteiger partial charge on any atom is 0.339 e. The lowest BCUT2D eigenvalue weighted by Crippen LogP contribution is -2.48. The Morgan fingerprint density at radius 2 is 1.76 bits per heavy atom. The summed E-state index contributed by atoms with van der Waals surface area (Å²) < 4.78 is 37.4. The Kier molecular flexibility index (Phi) is 7.38. The zero-order valence-electron chi connectivity index (χ0n) is 19.1. The highest BCUT2D eigenvalue weighted by Gasteiger charge is 2.39. The van der Waals surface area contributed by atoms with Gasteiger partial charge in [0.1, 0.15) is 6.04 Å². The monoisotopic (exact) mass is 476 g/mol. The largest absolute Gasteiger partial charge is 0.465 e. The number of aromatic amines is 1. The van der Waals surface area contributed by atoms with E-state index in [4.69, 9.17) is 9.47 Å². The molecular formula is C23H28N2O7S. The van der Waals surface area contributed by atoms with Crippen LogP contribution in [0.25, 0.3) is 0 Å². The molecule has 178 valence electrons. The summed E-state index contributed by atoms with van der Waals surface area (Å²) in [6, 6.07) is 5.42. The number of piperidine rings is 1. The van der Waals surface area contributed by atoms with Crippen molar-refractivity contribution in [1.29, 1.82) is 0 Å². The van der Waals surface area contributed by atoms with Crippen LogP contribution in [0.3, 0.4) is 0 Å². The van der Waals surface area contributed by atoms with Crippen LogP contribution in [0.5, 0.6) is 0 Å². The normalized spacial score (nSPS) is 16.9. The molecule has 1 aliphatic heterocycles. The summed E-state index contributed by atoms with van der Waals surface area (Å²) in [6.07, 6.45) is 1.61. The van der Waals surface area contributed by atoms with E-state index in [2.05, 4.69) is 4.98 Å². The van der Waals surface area contributed by atoms with Crippen molar-refractivity contribution in [2.24, 2.45) is 0 Å². The number of ketones is 1. The number of H-pyrrole nitrogens is 1. The number of nitrogens with one attached hydrogen (secondary N) is 1. The number of aryl methyl sites for hydroxylation is 2. The second-order valence-corrected chi connectivity index (χ2v) is 9.98. The first kappa shape index (κ1) is 24.7. The van der Waals surface area contributed by atoms with Crippen molar-refractivity contribution in [2.75, 3.05) is 20.3 Å². The number of Topliss-reactive ketones (excluding diaryl/α,β-unsaturated/α-hetero) is 1. The Balaban J connectivity index is 1.74. The summed E-state index contributed by atoms with van der Waals surface area (Å²) in [5.74, 6) is -1.87. The van der Waals surface area contributed by atoms with Gasteiger partial charge >= 0.3 is 11.9 Å². The second kappa shape index (κ2) is 9.88. The summed E-state index contributed by atoms with van der Waals surface area (Å²) in [5, 5.41) is 0. The maximum absolute atomic E-state index is 13.2. The number of sulfonamides is 1. The number of carbonyl (C=O) groups is 3. The molecule has 1 N–H and O–H groups in total. The van der Waals surface area contributed by atoms with E-state index in [0.29, 0.717) is 30.5 Å². The lowest BCUT2D eigenvalue weighted by atomic mass is 10.1. The molecule has 1 aromatic carbocycles. The molecule has 10 heteroatoms. The third kappa shape index (κ3) is 5.01. The quantitative estimate of drug-likeness (QED) is 0.481. The number of esters is 2. The SMILES string of the molecule is COC(=O)c1c(C)[nH]c(C(=O)COC(=O)C2CCCCN2S(=O)(=O)c2ccc(C)cc2)c1C. The molecule has 0 spiro atoms.